The Balaban J connectivity index is 2.15. The van der Waals surface area contributed by atoms with E-state index in [1.165, 1.54) is 12.1 Å². The molecular formula is C13H10ClN3O3. The molecule has 1 heterocycles. The average Bonchev–Trinajstić information content (AvgIpc) is 2.39. The monoisotopic (exact) mass is 291 g/mol. The fraction of sp³-hybridized carbons (Fsp3) is 0.0769. The van der Waals surface area contributed by atoms with Gasteiger partial charge in [0.1, 0.15) is 5.15 Å². The van der Waals surface area contributed by atoms with Gasteiger partial charge in [0.2, 0.25) is 11.7 Å². The Morgan fingerprint density at radius 2 is 1.95 bits per heavy atom. The van der Waals surface area contributed by atoms with Gasteiger partial charge in [0.25, 0.3) is 0 Å². The van der Waals surface area contributed by atoms with Crippen LogP contribution in [-0.4, -0.2) is 15.8 Å². The SMILES string of the molecule is O=C(Cc1ccccc1)Nc1nc(Cl)ccc1[N+](=O)[O-]. The zero-order valence-corrected chi connectivity index (χ0v) is 11.0. The Kier molecular flexibility index (Phi) is 4.27. The molecule has 0 atom stereocenters. The molecule has 1 aromatic heterocycles. The van der Waals surface area contributed by atoms with E-state index in [4.69, 9.17) is 11.6 Å². The minimum Gasteiger partial charge on any atom is -0.305 e. The number of nitrogens with one attached hydrogen (secondary N) is 1. The van der Waals surface area contributed by atoms with Gasteiger partial charge in [-0.2, -0.15) is 0 Å². The molecule has 0 saturated heterocycles. The molecule has 0 aliphatic rings. The molecule has 1 N–H and O–H groups in total. The van der Waals surface area contributed by atoms with Gasteiger partial charge < -0.3 is 5.32 Å². The molecule has 7 heteroatoms. The number of halogens is 1. The summed E-state index contributed by atoms with van der Waals surface area (Å²) < 4.78 is 0. The zero-order valence-electron chi connectivity index (χ0n) is 10.2. The molecule has 0 radical (unpaired) electrons. The summed E-state index contributed by atoms with van der Waals surface area (Å²) in [6, 6.07) is 11.5. The maximum atomic E-state index is 11.9. The van der Waals surface area contributed by atoms with Gasteiger partial charge in [0, 0.05) is 6.07 Å². The number of rotatable bonds is 4. The summed E-state index contributed by atoms with van der Waals surface area (Å²) in [4.78, 5) is 25.8. The second kappa shape index (κ2) is 6.12. The number of carbonyl (C=O) groups is 1. The van der Waals surface area contributed by atoms with E-state index in [1.807, 2.05) is 18.2 Å². The highest BCUT2D eigenvalue weighted by Gasteiger charge is 2.18. The third-order valence-electron chi connectivity index (χ3n) is 2.50. The molecule has 20 heavy (non-hydrogen) atoms. The van der Waals surface area contributed by atoms with Gasteiger partial charge in [-0.15, -0.1) is 0 Å². The highest BCUT2D eigenvalue weighted by molar-refractivity contribution is 6.29. The summed E-state index contributed by atoms with van der Waals surface area (Å²) in [6.07, 6.45) is 0.103. The lowest BCUT2D eigenvalue weighted by molar-refractivity contribution is -0.384. The van der Waals surface area contributed by atoms with E-state index in [0.29, 0.717) is 0 Å². The highest BCUT2D eigenvalue weighted by Crippen LogP contribution is 2.24. The van der Waals surface area contributed by atoms with E-state index >= 15 is 0 Å². The van der Waals surface area contributed by atoms with Gasteiger partial charge in [0.15, 0.2) is 0 Å². The van der Waals surface area contributed by atoms with Gasteiger partial charge in [-0.3, -0.25) is 14.9 Å². The second-order valence-corrected chi connectivity index (χ2v) is 4.36. The third-order valence-corrected chi connectivity index (χ3v) is 2.71. The molecule has 0 spiro atoms. The minimum absolute atomic E-state index is 0.0746. The molecule has 0 aliphatic heterocycles. The van der Waals surface area contributed by atoms with Crippen LogP contribution in [0.4, 0.5) is 11.5 Å². The van der Waals surface area contributed by atoms with Crippen molar-refractivity contribution in [2.45, 2.75) is 6.42 Å². The van der Waals surface area contributed by atoms with Crippen molar-refractivity contribution < 1.29 is 9.72 Å². The summed E-state index contributed by atoms with van der Waals surface area (Å²) in [6.45, 7) is 0. The van der Waals surface area contributed by atoms with Crippen LogP contribution < -0.4 is 5.32 Å². The fourth-order valence-corrected chi connectivity index (χ4v) is 1.77. The predicted octanol–water partition coefficient (Wildman–Crippen LogP) is 2.82. The molecular weight excluding hydrogens is 282 g/mol. The summed E-state index contributed by atoms with van der Waals surface area (Å²) in [7, 11) is 0. The maximum absolute atomic E-state index is 11.9. The Morgan fingerprint density at radius 3 is 2.60 bits per heavy atom. The van der Waals surface area contributed by atoms with Crippen LogP contribution >= 0.6 is 11.6 Å². The minimum atomic E-state index is -0.624. The van der Waals surface area contributed by atoms with Crippen molar-refractivity contribution in [1.82, 2.24) is 4.98 Å². The lowest BCUT2D eigenvalue weighted by Gasteiger charge is -2.05. The number of hydrogen-bond acceptors (Lipinski definition) is 4. The van der Waals surface area contributed by atoms with Crippen molar-refractivity contribution in [3.63, 3.8) is 0 Å². The number of anilines is 1. The number of aromatic nitrogens is 1. The molecule has 1 amide bonds. The van der Waals surface area contributed by atoms with E-state index in [2.05, 4.69) is 10.3 Å². The Bertz CT molecular complexity index is 647. The van der Waals surface area contributed by atoms with Crippen LogP contribution in [-0.2, 0) is 11.2 Å². The van der Waals surface area contributed by atoms with Gasteiger partial charge in [-0.05, 0) is 11.6 Å². The standard InChI is InChI=1S/C13H10ClN3O3/c14-11-7-6-10(17(19)20)13(15-11)16-12(18)8-9-4-2-1-3-5-9/h1-7H,8H2,(H,15,16,18). The number of pyridine rings is 1. The zero-order chi connectivity index (χ0) is 14.5. The van der Waals surface area contributed by atoms with Crippen LogP contribution in [0.1, 0.15) is 5.56 Å². The molecule has 2 aromatic rings. The number of hydrogen-bond donors (Lipinski definition) is 1. The number of benzene rings is 1. The van der Waals surface area contributed by atoms with Gasteiger partial charge >= 0.3 is 5.69 Å². The van der Waals surface area contributed by atoms with Crippen LogP contribution in [0.25, 0.3) is 0 Å². The second-order valence-electron chi connectivity index (χ2n) is 3.97. The van der Waals surface area contributed by atoms with Crippen LogP contribution in [0.15, 0.2) is 42.5 Å². The van der Waals surface area contributed by atoms with Crippen molar-refractivity contribution in [2.75, 3.05) is 5.32 Å². The Labute approximate surface area is 119 Å². The highest BCUT2D eigenvalue weighted by atomic mass is 35.5. The van der Waals surface area contributed by atoms with Gasteiger partial charge in [-0.1, -0.05) is 41.9 Å². The Hall–Kier alpha value is -2.47. The average molecular weight is 292 g/mol. The van der Waals surface area contributed by atoms with Crippen molar-refractivity contribution >= 4 is 29.0 Å². The molecule has 0 aliphatic carbocycles. The summed E-state index contributed by atoms with van der Waals surface area (Å²) in [5.41, 5.74) is 0.505. The molecule has 0 bridgehead atoms. The first-order valence-electron chi connectivity index (χ1n) is 5.71. The van der Waals surface area contributed by atoms with Crippen molar-refractivity contribution in [3.05, 3.63) is 63.3 Å². The van der Waals surface area contributed by atoms with E-state index in [1.54, 1.807) is 12.1 Å². The summed E-state index contributed by atoms with van der Waals surface area (Å²) >= 11 is 5.68. The molecule has 6 nitrogen and oxygen atoms in total. The first-order valence-corrected chi connectivity index (χ1v) is 6.09. The van der Waals surface area contributed by atoms with Crippen LogP contribution in [0.3, 0.4) is 0 Å². The summed E-state index contributed by atoms with van der Waals surface area (Å²) in [5, 5.41) is 13.3. The smallest absolute Gasteiger partial charge is 0.305 e. The predicted molar refractivity (Wildman–Crippen MR) is 74.7 cm³/mol. The lowest BCUT2D eigenvalue weighted by Crippen LogP contribution is -2.16. The van der Waals surface area contributed by atoms with Crippen LogP contribution in [0.5, 0.6) is 0 Å². The number of nitro groups is 1. The first kappa shape index (κ1) is 14.0. The molecule has 0 saturated carbocycles. The van der Waals surface area contributed by atoms with E-state index in [-0.39, 0.29) is 23.1 Å². The first-order chi connectivity index (χ1) is 9.56. The number of nitrogens with zero attached hydrogens (tertiary/aromatic N) is 2. The molecule has 0 fully saturated rings. The molecule has 102 valence electrons. The molecule has 2 rings (SSSR count). The summed E-state index contributed by atoms with van der Waals surface area (Å²) in [5.74, 6) is -0.544. The van der Waals surface area contributed by atoms with Crippen molar-refractivity contribution in [2.24, 2.45) is 0 Å². The molecule has 1 aromatic carbocycles. The quantitative estimate of drug-likeness (QED) is 0.533. The molecule has 0 unspecified atom stereocenters. The largest absolute Gasteiger partial charge is 0.311 e. The fourth-order valence-electron chi connectivity index (χ4n) is 1.62. The van der Waals surface area contributed by atoms with Crippen molar-refractivity contribution in [3.8, 4) is 0 Å². The van der Waals surface area contributed by atoms with E-state index < -0.39 is 10.8 Å². The van der Waals surface area contributed by atoms with Crippen LogP contribution in [0.2, 0.25) is 5.15 Å². The topological polar surface area (TPSA) is 85.1 Å². The van der Waals surface area contributed by atoms with Gasteiger partial charge in [0.05, 0.1) is 11.3 Å². The maximum Gasteiger partial charge on any atom is 0.311 e. The van der Waals surface area contributed by atoms with Crippen LogP contribution in [0, 0.1) is 10.1 Å². The Morgan fingerprint density at radius 1 is 1.25 bits per heavy atom. The van der Waals surface area contributed by atoms with E-state index in [0.717, 1.165) is 5.56 Å². The normalized spacial score (nSPS) is 10.1. The van der Waals surface area contributed by atoms with Gasteiger partial charge in [-0.25, -0.2) is 4.98 Å². The lowest BCUT2D eigenvalue weighted by atomic mass is 10.1. The third kappa shape index (κ3) is 3.52. The van der Waals surface area contributed by atoms with Crippen molar-refractivity contribution in [1.29, 1.82) is 0 Å². The number of carbonyl (C=O) groups excluding carboxylic acids is 1. The van der Waals surface area contributed by atoms with E-state index in [9.17, 15) is 14.9 Å². The number of amides is 1.